The van der Waals surface area contributed by atoms with E-state index in [1.807, 2.05) is 6.07 Å². The zero-order chi connectivity index (χ0) is 23.2. The zero-order valence-corrected chi connectivity index (χ0v) is 17.6. The lowest BCUT2D eigenvalue weighted by molar-refractivity contribution is -0.119. The van der Waals surface area contributed by atoms with Crippen LogP contribution in [0.25, 0.3) is 10.9 Å². The number of nitrogens with one attached hydrogen (secondary N) is 3. The van der Waals surface area contributed by atoms with Gasteiger partial charge in [-0.15, -0.1) is 0 Å². The smallest absolute Gasteiger partial charge is 0.359 e. The lowest BCUT2D eigenvalue weighted by atomic mass is 10.2. The van der Waals surface area contributed by atoms with Crippen molar-refractivity contribution in [1.82, 2.24) is 10.2 Å². The maximum atomic E-state index is 12.5. The Bertz CT molecular complexity index is 1310. The lowest BCUT2D eigenvalue weighted by Crippen LogP contribution is -2.21. The third kappa shape index (κ3) is 4.99. The van der Waals surface area contributed by atoms with Crippen LogP contribution in [0.3, 0.4) is 0 Å². The van der Waals surface area contributed by atoms with Crippen LogP contribution in [0.2, 0.25) is 0 Å². The minimum absolute atomic E-state index is 0.115. The molecule has 2 amide bonds. The number of methoxy groups -OCH3 is 1. The molecular formula is C24H20N4O5. The van der Waals surface area contributed by atoms with Gasteiger partial charge in [0.2, 0.25) is 0 Å². The van der Waals surface area contributed by atoms with Gasteiger partial charge in [0.05, 0.1) is 18.3 Å². The number of H-pyrrole nitrogens is 1. The summed E-state index contributed by atoms with van der Waals surface area (Å²) in [5, 5.41) is 12.7. The monoisotopic (exact) mass is 444 g/mol. The van der Waals surface area contributed by atoms with Gasteiger partial charge in [-0.05, 0) is 42.5 Å². The Labute approximate surface area is 188 Å². The molecule has 33 heavy (non-hydrogen) atoms. The second kappa shape index (κ2) is 9.65. The first-order valence-corrected chi connectivity index (χ1v) is 9.99. The van der Waals surface area contributed by atoms with Crippen LogP contribution in [0.5, 0.6) is 5.75 Å². The van der Waals surface area contributed by atoms with Crippen LogP contribution in [0.1, 0.15) is 20.8 Å². The van der Waals surface area contributed by atoms with Crippen LogP contribution in [-0.2, 0) is 9.53 Å². The van der Waals surface area contributed by atoms with Crippen molar-refractivity contribution in [2.75, 3.05) is 24.4 Å². The average molecular weight is 444 g/mol. The van der Waals surface area contributed by atoms with Gasteiger partial charge in [0.15, 0.2) is 12.3 Å². The molecule has 0 aliphatic heterocycles. The molecule has 0 atom stereocenters. The van der Waals surface area contributed by atoms with Crippen molar-refractivity contribution in [3.8, 4) is 5.75 Å². The van der Waals surface area contributed by atoms with E-state index < -0.39 is 18.5 Å². The minimum Gasteiger partial charge on any atom is -0.495 e. The molecule has 166 valence electrons. The first-order chi connectivity index (χ1) is 16.0. The van der Waals surface area contributed by atoms with Crippen LogP contribution in [0.4, 0.5) is 11.4 Å². The van der Waals surface area contributed by atoms with Gasteiger partial charge in [0.25, 0.3) is 11.8 Å². The Morgan fingerprint density at radius 1 is 0.909 bits per heavy atom. The van der Waals surface area contributed by atoms with E-state index in [1.54, 1.807) is 66.7 Å². The number of amides is 2. The molecule has 4 aromatic rings. The van der Waals surface area contributed by atoms with Crippen molar-refractivity contribution in [3.05, 3.63) is 84.1 Å². The summed E-state index contributed by atoms with van der Waals surface area (Å²) in [6.45, 7) is -0.476. The summed E-state index contributed by atoms with van der Waals surface area (Å²) in [6, 6.07) is 20.5. The van der Waals surface area contributed by atoms with E-state index in [-0.39, 0.29) is 11.6 Å². The fourth-order valence-electron chi connectivity index (χ4n) is 3.16. The Balaban J connectivity index is 1.31. The Morgan fingerprint density at radius 2 is 1.64 bits per heavy atom. The van der Waals surface area contributed by atoms with Crippen LogP contribution >= 0.6 is 0 Å². The maximum absolute atomic E-state index is 12.5. The molecule has 9 nitrogen and oxygen atoms in total. The Morgan fingerprint density at radius 3 is 2.42 bits per heavy atom. The van der Waals surface area contributed by atoms with Gasteiger partial charge in [0, 0.05) is 16.6 Å². The van der Waals surface area contributed by atoms with Crippen molar-refractivity contribution in [1.29, 1.82) is 0 Å². The maximum Gasteiger partial charge on any atom is 0.359 e. The molecule has 0 saturated carbocycles. The fourth-order valence-corrected chi connectivity index (χ4v) is 3.16. The summed E-state index contributed by atoms with van der Waals surface area (Å²) in [7, 11) is 1.52. The molecule has 0 radical (unpaired) electrons. The quantitative estimate of drug-likeness (QED) is 0.374. The highest BCUT2D eigenvalue weighted by atomic mass is 16.5. The molecule has 3 N–H and O–H groups in total. The molecule has 0 aliphatic carbocycles. The molecule has 0 saturated heterocycles. The molecule has 0 bridgehead atoms. The number of nitrogens with zero attached hydrogens (tertiary/aromatic N) is 1. The minimum atomic E-state index is -0.703. The number of benzene rings is 3. The number of aromatic nitrogens is 2. The molecule has 3 aromatic carbocycles. The molecule has 9 heteroatoms. The topological polar surface area (TPSA) is 122 Å². The van der Waals surface area contributed by atoms with Crippen LogP contribution in [0.15, 0.2) is 72.8 Å². The van der Waals surface area contributed by atoms with Gasteiger partial charge in [-0.25, -0.2) is 4.79 Å². The highest BCUT2D eigenvalue weighted by Gasteiger charge is 2.17. The highest BCUT2D eigenvalue weighted by Crippen LogP contribution is 2.24. The number of anilines is 2. The Hall–Kier alpha value is -4.66. The molecule has 0 spiro atoms. The van der Waals surface area contributed by atoms with Crippen molar-refractivity contribution < 1.29 is 23.9 Å². The van der Waals surface area contributed by atoms with Gasteiger partial charge in [0.1, 0.15) is 5.75 Å². The largest absolute Gasteiger partial charge is 0.495 e. The molecule has 4 rings (SSSR count). The SMILES string of the molecule is COc1ccccc1NC(=O)c1ccc(NC(=O)COC(=O)c2n[nH]c3ccccc23)cc1. The lowest BCUT2D eigenvalue weighted by Gasteiger charge is -2.10. The van der Waals surface area contributed by atoms with E-state index in [0.717, 1.165) is 0 Å². The van der Waals surface area contributed by atoms with E-state index in [9.17, 15) is 14.4 Å². The number of fused-ring (bicyclic) bond motifs is 1. The summed E-state index contributed by atoms with van der Waals surface area (Å²) in [4.78, 5) is 36.9. The highest BCUT2D eigenvalue weighted by molar-refractivity contribution is 6.05. The summed E-state index contributed by atoms with van der Waals surface area (Å²) >= 11 is 0. The standard InChI is InChI=1S/C24H20N4O5/c1-32-20-9-5-4-8-19(20)26-23(30)15-10-12-16(13-11-15)25-21(29)14-33-24(31)22-17-6-2-3-7-18(17)27-28-22/h2-13H,14H2,1H3,(H,25,29)(H,26,30)(H,27,28). The summed E-state index contributed by atoms with van der Waals surface area (Å²) < 4.78 is 10.3. The van der Waals surface area contributed by atoms with E-state index in [4.69, 9.17) is 9.47 Å². The van der Waals surface area contributed by atoms with Gasteiger partial charge >= 0.3 is 5.97 Å². The second-order valence-electron chi connectivity index (χ2n) is 6.97. The molecule has 0 unspecified atom stereocenters. The normalized spacial score (nSPS) is 10.5. The van der Waals surface area contributed by atoms with Gasteiger partial charge < -0.3 is 20.1 Å². The number of carbonyl (C=O) groups excluding carboxylic acids is 3. The van der Waals surface area contributed by atoms with Crippen molar-refractivity contribution in [2.24, 2.45) is 0 Å². The predicted molar refractivity (Wildman–Crippen MR) is 122 cm³/mol. The molecular weight excluding hydrogens is 424 g/mol. The predicted octanol–water partition coefficient (Wildman–Crippen LogP) is 3.62. The number of hydrogen-bond acceptors (Lipinski definition) is 6. The molecule has 1 heterocycles. The van der Waals surface area contributed by atoms with E-state index >= 15 is 0 Å². The Kier molecular flexibility index (Phi) is 6.31. The number of aromatic amines is 1. The second-order valence-corrected chi connectivity index (χ2v) is 6.97. The van der Waals surface area contributed by atoms with Gasteiger partial charge in [-0.3, -0.25) is 14.7 Å². The molecule has 0 aliphatic rings. The van der Waals surface area contributed by atoms with E-state index in [1.165, 1.54) is 7.11 Å². The number of hydrogen-bond donors (Lipinski definition) is 3. The summed E-state index contributed by atoms with van der Waals surface area (Å²) in [6.07, 6.45) is 0. The number of esters is 1. The summed E-state index contributed by atoms with van der Waals surface area (Å²) in [5.41, 5.74) is 2.22. The van der Waals surface area contributed by atoms with E-state index in [2.05, 4.69) is 20.8 Å². The zero-order valence-electron chi connectivity index (χ0n) is 17.6. The number of carbonyl (C=O) groups is 3. The summed E-state index contributed by atoms with van der Waals surface area (Å²) in [5.74, 6) is -0.995. The molecule has 1 aromatic heterocycles. The molecule has 0 fully saturated rings. The number of rotatable bonds is 7. The van der Waals surface area contributed by atoms with Crippen molar-refractivity contribution in [2.45, 2.75) is 0 Å². The van der Waals surface area contributed by atoms with Crippen LogP contribution in [-0.4, -0.2) is 41.7 Å². The van der Waals surface area contributed by atoms with Gasteiger partial charge in [-0.1, -0.05) is 30.3 Å². The number of ether oxygens (including phenoxy) is 2. The van der Waals surface area contributed by atoms with Crippen molar-refractivity contribution >= 4 is 40.1 Å². The van der Waals surface area contributed by atoms with Gasteiger partial charge in [-0.2, -0.15) is 5.10 Å². The fraction of sp³-hybridized carbons (Fsp3) is 0.0833. The third-order valence-electron chi connectivity index (χ3n) is 4.78. The average Bonchev–Trinajstić information content (AvgIpc) is 3.27. The van der Waals surface area contributed by atoms with Crippen LogP contribution in [0, 0.1) is 0 Å². The first kappa shape index (κ1) is 21.6. The van der Waals surface area contributed by atoms with Crippen molar-refractivity contribution in [3.63, 3.8) is 0 Å². The third-order valence-corrected chi connectivity index (χ3v) is 4.78. The van der Waals surface area contributed by atoms with Crippen LogP contribution < -0.4 is 15.4 Å². The number of para-hydroxylation sites is 3. The van der Waals surface area contributed by atoms with E-state index in [0.29, 0.717) is 33.6 Å². The first-order valence-electron chi connectivity index (χ1n) is 9.99.